The minimum absolute atomic E-state index is 0.163. The molecule has 0 aromatic heterocycles. The normalized spacial score (nSPS) is 18.3. The molecule has 0 spiro atoms. The maximum atomic E-state index is 12.4. The number of thioether (sulfide) groups is 1. The van der Waals surface area contributed by atoms with E-state index in [-0.39, 0.29) is 11.7 Å². The summed E-state index contributed by atoms with van der Waals surface area (Å²) in [5, 5.41) is 13.2. The van der Waals surface area contributed by atoms with E-state index >= 15 is 0 Å². The minimum atomic E-state index is -0.241. The van der Waals surface area contributed by atoms with Crippen LogP contribution in [-0.4, -0.2) is 47.3 Å². The molecule has 3 aromatic carbocycles. The molecule has 30 heavy (non-hydrogen) atoms. The lowest BCUT2D eigenvalue weighted by Crippen LogP contribution is -2.47. The smallest absolute Gasteiger partial charge is 0.286 e. The van der Waals surface area contributed by atoms with Gasteiger partial charge in [0.25, 0.3) is 5.91 Å². The molecule has 0 bridgehead atoms. The first-order valence-corrected chi connectivity index (χ1v) is 10.8. The Hall–Kier alpha value is -3.25. The average Bonchev–Trinajstić information content (AvgIpc) is 3.15. The van der Waals surface area contributed by atoms with E-state index in [0.29, 0.717) is 10.5 Å². The molecule has 0 atom stereocenters. The largest absolute Gasteiger partial charge is 0.507 e. The molecule has 0 aliphatic carbocycles. The standard InChI is InChI=1S/C24H21N3O2S/c28-21-11-4-2-7-18(21)16-22-23(29)25-24(30-22)27-14-12-26(13-15-27)20-10-5-8-17-6-1-3-9-19(17)20/h1-11,16,28H,12-15H2/b22-16+. The van der Waals surface area contributed by atoms with Gasteiger partial charge in [-0.2, -0.15) is 4.99 Å². The molecule has 3 aromatic rings. The second-order valence-corrected chi connectivity index (χ2v) is 8.35. The molecule has 5 rings (SSSR count). The van der Waals surface area contributed by atoms with Crippen molar-refractivity contribution in [2.45, 2.75) is 0 Å². The molecule has 1 fully saturated rings. The number of amides is 1. The van der Waals surface area contributed by atoms with Crippen LogP contribution in [0.1, 0.15) is 5.56 Å². The molecule has 150 valence electrons. The van der Waals surface area contributed by atoms with Crippen molar-refractivity contribution in [2.24, 2.45) is 4.99 Å². The van der Waals surface area contributed by atoms with Gasteiger partial charge in [0.15, 0.2) is 5.17 Å². The number of nitrogens with zero attached hydrogens (tertiary/aromatic N) is 3. The molecule has 0 saturated carbocycles. The van der Waals surface area contributed by atoms with E-state index in [2.05, 4.69) is 57.3 Å². The van der Waals surface area contributed by atoms with Crippen molar-refractivity contribution in [3.63, 3.8) is 0 Å². The lowest BCUT2D eigenvalue weighted by Gasteiger charge is -2.37. The average molecular weight is 416 g/mol. The molecule has 2 aliphatic heterocycles. The van der Waals surface area contributed by atoms with E-state index in [4.69, 9.17) is 0 Å². The first kappa shape index (κ1) is 18.8. The number of hydrogen-bond donors (Lipinski definition) is 1. The summed E-state index contributed by atoms with van der Waals surface area (Å²) in [7, 11) is 0. The van der Waals surface area contributed by atoms with Gasteiger partial charge in [0.05, 0.1) is 4.91 Å². The van der Waals surface area contributed by atoms with E-state index in [1.807, 2.05) is 6.07 Å². The topological polar surface area (TPSA) is 56.1 Å². The Labute approximate surface area is 179 Å². The summed E-state index contributed by atoms with van der Waals surface area (Å²) in [5.74, 6) is -0.0784. The molecule has 2 heterocycles. The number of piperazine rings is 1. The van der Waals surface area contributed by atoms with Crippen molar-refractivity contribution in [3.05, 3.63) is 77.2 Å². The number of aliphatic imine (C=N–C) groups is 1. The van der Waals surface area contributed by atoms with Crippen molar-refractivity contribution in [1.29, 1.82) is 0 Å². The quantitative estimate of drug-likeness (QED) is 0.631. The Morgan fingerprint density at radius 3 is 2.40 bits per heavy atom. The molecule has 1 amide bonds. The summed E-state index contributed by atoms with van der Waals surface area (Å²) in [6.07, 6.45) is 1.71. The summed E-state index contributed by atoms with van der Waals surface area (Å²) in [5.41, 5.74) is 1.88. The molecule has 1 saturated heterocycles. The zero-order valence-electron chi connectivity index (χ0n) is 16.4. The zero-order valence-corrected chi connectivity index (χ0v) is 17.2. The molecule has 6 heteroatoms. The van der Waals surface area contributed by atoms with Crippen LogP contribution >= 0.6 is 11.8 Å². The molecule has 0 unspecified atom stereocenters. The maximum Gasteiger partial charge on any atom is 0.286 e. The Morgan fingerprint density at radius 2 is 1.57 bits per heavy atom. The lowest BCUT2D eigenvalue weighted by atomic mass is 10.1. The van der Waals surface area contributed by atoms with Gasteiger partial charge in [0.1, 0.15) is 5.75 Å². The summed E-state index contributed by atoms with van der Waals surface area (Å²) < 4.78 is 0. The number of phenolic OH excluding ortho intramolecular Hbond substituents is 1. The highest BCUT2D eigenvalue weighted by Gasteiger charge is 2.29. The Balaban J connectivity index is 1.29. The number of anilines is 1. The highest BCUT2D eigenvalue weighted by molar-refractivity contribution is 8.18. The van der Waals surface area contributed by atoms with Crippen molar-refractivity contribution in [3.8, 4) is 5.75 Å². The summed E-state index contributed by atoms with van der Waals surface area (Å²) >= 11 is 1.39. The third kappa shape index (κ3) is 3.55. The van der Waals surface area contributed by atoms with Gasteiger partial charge < -0.3 is 14.9 Å². The van der Waals surface area contributed by atoms with Crippen LogP contribution in [0, 0.1) is 0 Å². The molecule has 1 N–H and O–H groups in total. The van der Waals surface area contributed by atoms with Crippen LogP contribution < -0.4 is 4.90 Å². The van der Waals surface area contributed by atoms with Crippen molar-refractivity contribution >= 4 is 45.4 Å². The Morgan fingerprint density at radius 1 is 0.867 bits per heavy atom. The van der Waals surface area contributed by atoms with Crippen LogP contribution in [0.2, 0.25) is 0 Å². The van der Waals surface area contributed by atoms with Crippen LogP contribution in [0.5, 0.6) is 5.75 Å². The molecule has 2 aliphatic rings. The number of benzene rings is 3. The van der Waals surface area contributed by atoms with Crippen LogP contribution in [0.25, 0.3) is 16.8 Å². The fourth-order valence-electron chi connectivity index (χ4n) is 3.91. The molecule has 0 radical (unpaired) electrons. The molecule has 5 nitrogen and oxygen atoms in total. The van der Waals surface area contributed by atoms with Gasteiger partial charge in [-0.3, -0.25) is 4.79 Å². The second kappa shape index (κ2) is 7.88. The Kier molecular flexibility index (Phi) is 4.93. The third-order valence-electron chi connectivity index (χ3n) is 5.49. The van der Waals surface area contributed by atoms with E-state index in [9.17, 15) is 9.90 Å². The number of fused-ring (bicyclic) bond motifs is 1. The van der Waals surface area contributed by atoms with Crippen LogP contribution in [0.3, 0.4) is 0 Å². The minimum Gasteiger partial charge on any atom is -0.507 e. The number of aromatic hydroxyl groups is 1. The van der Waals surface area contributed by atoms with Gasteiger partial charge in [-0.15, -0.1) is 0 Å². The van der Waals surface area contributed by atoms with Crippen molar-refractivity contribution < 1.29 is 9.90 Å². The summed E-state index contributed by atoms with van der Waals surface area (Å²) in [6.45, 7) is 3.37. The van der Waals surface area contributed by atoms with E-state index in [1.54, 1.807) is 24.3 Å². The van der Waals surface area contributed by atoms with Gasteiger partial charge >= 0.3 is 0 Å². The number of hydrogen-bond acceptors (Lipinski definition) is 5. The fraction of sp³-hybridized carbons (Fsp3) is 0.167. The maximum absolute atomic E-state index is 12.4. The number of amidine groups is 1. The van der Waals surface area contributed by atoms with Crippen molar-refractivity contribution in [1.82, 2.24) is 4.90 Å². The van der Waals surface area contributed by atoms with E-state index in [1.165, 1.54) is 28.2 Å². The Bertz CT molecular complexity index is 1170. The summed E-state index contributed by atoms with van der Waals surface area (Å²) in [6, 6.07) is 21.9. The second-order valence-electron chi connectivity index (χ2n) is 7.34. The number of carbonyl (C=O) groups is 1. The van der Waals surface area contributed by atoms with E-state index in [0.717, 1.165) is 31.3 Å². The highest BCUT2D eigenvalue weighted by atomic mass is 32.2. The lowest BCUT2D eigenvalue weighted by molar-refractivity contribution is -0.113. The number of phenols is 1. The first-order chi connectivity index (χ1) is 14.7. The van der Waals surface area contributed by atoms with Gasteiger partial charge in [0, 0.05) is 42.8 Å². The fourth-order valence-corrected chi connectivity index (χ4v) is 4.86. The zero-order chi connectivity index (χ0) is 20.5. The van der Waals surface area contributed by atoms with Crippen LogP contribution in [0.15, 0.2) is 76.6 Å². The van der Waals surface area contributed by atoms with Crippen LogP contribution in [0.4, 0.5) is 5.69 Å². The van der Waals surface area contributed by atoms with Crippen LogP contribution in [-0.2, 0) is 4.79 Å². The first-order valence-electron chi connectivity index (χ1n) is 9.97. The summed E-state index contributed by atoms with van der Waals surface area (Å²) in [4.78, 5) is 21.8. The highest BCUT2D eigenvalue weighted by Crippen LogP contribution is 2.33. The van der Waals surface area contributed by atoms with Gasteiger partial charge in [0.2, 0.25) is 0 Å². The van der Waals surface area contributed by atoms with Gasteiger partial charge in [-0.1, -0.05) is 54.6 Å². The van der Waals surface area contributed by atoms with Gasteiger partial charge in [-0.05, 0) is 35.4 Å². The third-order valence-corrected chi connectivity index (χ3v) is 6.53. The molecular weight excluding hydrogens is 394 g/mol. The SMILES string of the molecule is O=C1N=C(N2CCN(c3cccc4ccccc34)CC2)S/C1=C/c1ccccc1O. The predicted octanol–water partition coefficient (Wildman–Crippen LogP) is 4.34. The predicted molar refractivity (Wildman–Crippen MR) is 124 cm³/mol. The molecular formula is C24H21N3O2S. The van der Waals surface area contributed by atoms with E-state index < -0.39 is 0 Å². The monoisotopic (exact) mass is 415 g/mol. The number of rotatable bonds is 2. The number of para-hydroxylation sites is 1. The number of carbonyl (C=O) groups excluding carboxylic acids is 1. The van der Waals surface area contributed by atoms with Gasteiger partial charge in [-0.25, -0.2) is 0 Å². The van der Waals surface area contributed by atoms with Crippen molar-refractivity contribution in [2.75, 3.05) is 31.1 Å².